The van der Waals surface area contributed by atoms with Gasteiger partial charge >= 0.3 is 0 Å². The first-order valence-corrected chi connectivity index (χ1v) is 5.17. The van der Waals surface area contributed by atoms with E-state index in [1.807, 2.05) is 24.3 Å². The fourth-order valence-corrected chi connectivity index (χ4v) is 1.63. The smallest absolute Gasteiger partial charge is 0.189 e. The molecule has 1 heterocycles. The Morgan fingerprint density at radius 2 is 2.12 bits per heavy atom. The molecule has 1 aliphatic rings. The molecule has 1 aromatic carbocycles. The largest absolute Gasteiger partial charge is 0.491 e. The topological polar surface area (TPSA) is 57.1 Å². The number of halogens is 1. The number of ether oxygens (including phenoxy) is 1. The molecule has 16 heavy (non-hydrogen) atoms. The molecule has 1 aliphatic heterocycles. The molecule has 0 radical (unpaired) electrons. The standard InChI is InChI=1S/C11H14FN3O/c12-5-6-16-9-3-1-8(2-4-9)10-7-14-11(13)15-10/h1-4,10H,5-7H2,(H3,13,14,15)/i12-1. The lowest BCUT2D eigenvalue weighted by atomic mass is 10.1. The maximum absolute atomic E-state index is 11.9. The Hall–Kier alpha value is -1.78. The van der Waals surface area contributed by atoms with Crippen LogP contribution in [0.4, 0.5) is 4.39 Å². The summed E-state index contributed by atoms with van der Waals surface area (Å²) in [5.41, 5.74) is 1.09. The molecule has 86 valence electrons. The van der Waals surface area contributed by atoms with Crippen LogP contribution in [0.3, 0.4) is 0 Å². The molecule has 1 unspecified atom stereocenters. The second-order valence-electron chi connectivity index (χ2n) is 3.56. The van der Waals surface area contributed by atoms with E-state index in [9.17, 15) is 4.39 Å². The minimum absolute atomic E-state index is 0.0905. The van der Waals surface area contributed by atoms with Crippen molar-refractivity contribution in [1.82, 2.24) is 10.6 Å². The van der Waals surface area contributed by atoms with E-state index in [0.29, 0.717) is 18.3 Å². The molecular weight excluding hydrogens is 208 g/mol. The fraction of sp³-hybridized carbons (Fsp3) is 0.364. The quantitative estimate of drug-likeness (QED) is 0.717. The number of hydrogen-bond donors (Lipinski definition) is 3. The van der Waals surface area contributed by atoms with Gasteiger partial charge in [-0.05, 0) is 17.7 Å². The Morgan fingerprint density at radius 3 is 2.69 bits per heavy atom. The lowest BCUT2D eigenvalue weighted by Gasteiger charge is -2.10. The summed E-state index contributed by atoms with van der Waals surface area (Å²) in [7, 11) is 0. The van der Waals surface area contributed by atoms with Crippen LogP contribution in [0.1, 0.15) is 11.6 Å². The second-order valence-corrected chi connectivity index (χ2v) is 3.56. The molecule has 1 aromatic rings. The van der Waals surface area contributed by atoms with E-state index in [4.69, 9.17) is 10.1 Å². The highest BCUT2D eigenvalue weighted by Gasteiger charge is 2.18. The first-order valence-electron chi connectivity index (χ1n) is 5.17. The van der Waals surface area contributed by atoms with Gasteiger partial charge in [-0.25, -0.2) is 4.39 Å². The van der Waals surface area contributed by atoms with Crippen LogP contribution >= 0.6 is 0 Å². The summed E-state index contributed by atoms with van der Waals surface area (Å²) in [5.74, 6) is 1.02. The Balaban J connectivity index is 1.99. The summed E-state index contributed by atoms with van der Waals surface area (Å²) in [6.45, 7) is 0.323. The van der Waals surface area contributed by atoms with Crippen LogP contribution in [0.15, 0.2) is 24.3 Å². The normalized spacial score (nSPS) is 19.1. The van der Waals surface area contributed by atoms with Crippen molar-refractivity contribution < 1.29 is 9.13 Å². The van der Waals surface area contributed by atoms with E-state index in [0.717, 1.165) is 5.56 Å². The van der Waals surface area contributed by atoms with Gasteiger partial charge in [0.15, 0.2) is 5.96 Å². The van der Waals surface area contributed by atoms with E-state index < -0.39 is 6.67 Å². The summed E-state index contributed by atoms with van der Waals surface area (Å²) < 4.78 is 17.0. The third kappa shape index (κ3) is 2.42. The maximum Gasteiger partial charge on any atom is 0.189 e. The van der Waals surface area contributed by atoms with Gasteiger partial charge in [-0.1, -0.05) is 12.1 Å². The van der Waals surface area contributed by atoms with Crippen molar-refractivity contribution in [3.05, 3.63) is 29.8 Å². The molecule has 4 nitrogen and oxygen atoms in total. The van der Waals surface area contributed by atoms with Gasteiger partial charge in [0.2, 0.25) is 0 Å². The SMILES string of the molecule is N=C1NCC(c2ccc(OCC[18F])cc2)N1. The highest BCUT2D eigenvalue weighted by atomic mass is 18.2. The molecule has 0 bridgehead atoms. The first-order chi connectivity index (χ1) is 7.79. The number of rotatable bonds is 4. The van der Waals surface area contributed by atoms with E-state index in [-0.39, 0.29) is 12.6 Å². The van der Waals surface area contributed by atoms with E-state index in [2.05, 4.69) is 10.6 Å². The van der Waals surface area contributed by atoms with Crippen molar-refractivity contribution in [2.75, 3.05) is 19.8 Å². The molecule has 1 atom stereocenters. The van der Waals surface area contributed by atoms with Gasteiger partial charge in [0.05, 0.1) is 6.04 Å². The van der Waals surface area contributed by atoms with Crippen LogP contribution in [-0.4, -0.2) is 25.8 Å². The highest BCUT2D eigenvalue weighted by Crippen LogP contribution is 2.19. The first kappa shape index (κ1) is 10.7. The predicted molar refractivity (Wildman–Crippen MR) is 59.5 cm³/mol. The predicted octanol–water partition coefficient (Wildman–Crippen LogP) is 1.20. The summed E-state index contributed by atoms with van der Waals surface area (Å²) in [5, 5.41) is 13.3. The van der Waals surface area contributed by atoms with E-state index in [1.165, 1.54) is 0 Å². The Morgan fingerprint density at radius 1 is 1.38 bits per heavy atom. The van der Waals surface area contributed by atoms with Crippen LogP contribution in [0.25, 0.3) is 0 Å². The molecule has 3 N–H and O–H groups in total. The second kappa shape index (κ2) is 4.83. The summed E-state index contributed by atoms with van der Waals surface area (Å²) >= 11 is 0. The van der Waals surface area contributed by atoms with Crippen molar-refractivity contribution >= 4 is 5.96 Å². The Labute approximate surface area is 93.3 Å². The van der Waals surface area contributed by atoms with Gasteiger partial charge < -0.3 is 15.4 Å². The number of nitrogens with one attached hydrogen (secondary N) is 3. The van der Waals surface area contributed by atoms with E-state index >= 15 is 0 Å². The zero-order valence-electron chi connectivity index (χ0n) is 8.79. The summed E-state index contributed by atoms with van der Waals surface area (Å²) in [6, 6.07) is 7.60. The zero-order valence-corrected chi connectivity index (χ0v) is 8.79. The third-order valence-corrected chi connectivity index (χ3v) is 2.43. The van der Waals surface area contributed by atoms with Gasteiger partial charge in [0, 0.05) is 6.54 Å². The Bertz CT molecular complexity index is 366. The summed E-state index contributed by atoms with van der Waals surface area (Å²) in [6.07, 6.45) is 0. The molecule has 0 saturated carbocycles. The molecule has 0 spiro atoms. The average Bonchev–Trinajstić information content (AvgIpc) is 2.74. The zero-order chi connectivity index (χ0) is 11.4. The van der Waals surface area contributed by atoms with Gasteiger partial charge in [0.1, 0.15) is 19.0 Å². The molecule has 0 aromatic heterocycles. The number of alkyl halides is 1. The summed E-state index contributed by atoms with van der Waals surface area (Å²) in [4.78, 5) is 0. The fourth-order valence-electron chi connectivity index (χ4n) is 1.63. The Kier molecular flexibility index (Phi) is 3.24. The average molecular weight is 222 g/mol. The monoisotopic (exact) mass is 222 g/mol. The third-order valence-electron chi connectivity index (χ3n) is 2.43. The van der Waals surface area contributed by atoms with E-state index in [1.54, 1.807) is 0 Å². The molecule has 0 aliphatic carbocycles. The van der Waals surface area contributed by atoms with Crippen LogP contribution in [0.2, 0.25) is 0 Å². The molecule has 1 saturated heterocycles. The minimum Gasteiger partial charge on any atom is -0.491 e. The maximum atomic E-state index is 11.9. The molecule has 1 fully saturated rings. The molecule has 2 rings (SSSR count). The molecule has 5 heteroatoms. The van der Waals surface area contributed by atoms with Gasteiger partial charge in [-0.2, -0.15) is 0 Å². The van der Waals surface area contributed by atoms with Crippen LogP contribution in [0.5, 0.6) is 5.75 Å². The number of benzene rings is 1. The van der Waals surface area contributed by atoms with Crippen LogP contribution < -0.4 is 15.4 Å². The van der Waals surface area contributed by atoms with Gasteiger partial charge in [-0.15, -0.1) is 0 Å². The van der Waals surface area contributed by atoms with Gasteiger partial charge in [-0.3, -0.25) is 5.41 Å². The van der Waals surface area contributed by atoms with Gasteiger partial charge in [0.25, 0.3) is 0 Å². The molecular formula is C11H14FN3O. The van der Waals surface area contributed by atoms with Crippen molar-refractivity contribution in [3.63, 3.8) is 0 Å². The van der Waals surface area contributed by atoms with Crippen LogP contribution in [0, 0.1) is 5.41 Å². The van der Waals surface area contributed by atoms with Crippen molar-refractivity contribution in [3.8, 4) is 5.75 Å². The number of guanidine groups is 1. The van der Waals surface area contributed by atoms with Crippen molar-refractivity contribution in [1.29, 1.82) is 5.41 Å². The van der Waals surface area contributed by atoms with Crippen LogP contribution in [-0.2, 0) is 0 Å². The van der Waals surface area contributed by atoms with Crippen molar-refractivity contribution in [2.45, 2.75) is 6.04 Å². The number of hydrogen-bond acceptors (Lipinski definition) is 2. The molecule has 0 amide bonds. The highest BCUT2D eigenvalue weighted by molar-refractivity contribution is 5.79. The minimum atomic E-state index is -0.479. The lowest BCUT2D eigenvalue weighted by Crippen LogP contribution is -2.22. The lowest BCUT2D eigenvalue weighted by molar-refractivity contribution is 0.273. The van der Waals surface area contributed by atoms with Crippen molar-refractivity contribution in [2.24, 2.45) is 0 Å².